The van der Waals surface area contributed by atoms with Gasteiger partial charge >= 0.3 is 0 Å². The zero-order chi connectivity index (χ0) is 12.5. The van der Waals surface area contributed by atoms with E-state index in [4.69, 9.17) is 11.6 Å². The molecule has 0 saturated heterocycles. The first-order chi connectivity index (χ1) is 8.26. The Morgan fingerprint density at radius 1 is 1.41 bits per heavy atom. The molecule has 0 aliphatic heterocycles. The van der Waals surface area contributed by atoms with Gasteiger partial charge in [-0.15, -0.1) is 0 Å². The molecule has 0 unspecified atom stereocenters. The van der Waals surface area contributed by atoms with Crippen LogP contribution in [0.5, 0.6) is 0 Å². The second kappa shape index (κ2) is 7.84. The molecule has 94 valence electrons. The van der Waals surface area contributed by atoms with Crippen LogP contribution in [-0.2, 0) is 11.2 Å². The average Bonchev–Trinajstić information content (AvgIpc) is 2.28. The maximum atomic E-state index is 10.0. The van der Waals surface area contributed by atoms with E-state index in [1.807, 2.05) is 0 Å². The summed E-state index contributed by atoms with van der Waals surface area (Å²) in [7, 11) is 0. The summed E-state index contributed by atoms with van der Waals surface area (Å²) in [5.74, 6) is 0.548. The molecule has 1 heterocycles. The average molecular weight is 257 g/mol. The monoisotopic (exact) mass is 256 g/mol. The highest BCUT2D eigenvalue weighted by atomic mass is 35.5. The van der Waals surface area contributed by atoms with Gasteiger partial charge < -0.3 is 10.6 Å². The Kier molecular flexibility index (Phi) is 6.32. The Morgan fingerprint density at radius 3 is 2.94 bits per heavy atom. The third kappa shape index (κ3) is 5.49. The van der Waals surface area contributed by atoms with Crippen LogP contribution in [-0.4, -0.2) is 29.5 Å². The lowest BCUT2D eigenvalue weighted by atomic mass is 10.2. The Bertz CT molecular complexity index is 359. The highest BCUT2D eigenvalue weighted by Gasteiger charge is 2.02. The molecule has 17 heavy (non-hydrogen) atoms. The fraction of sp³-hybridized carbons (Fsp3) is 0.545. The largest absolute Gasteiger partial charge is 0.359 e. The van der Waals surface area contributed by atoms with Crippen molar-refractivity contribution in [1.29, 1.82) is 0 Å². The van der Waals surface area contributed by atoms with Gasteiger partial charge in [-0.05, 0) is 18.9 Å². The topological polar surface area (TPSA) is 66.9 Å². The van der Waals surface area contributed by atoms with Crippen molar-refractivity contribution < 1.29 is 4.79 Å². The minimum Gasteiger partial charge on any atom is -0.359 e. The number of carbonyl (C=O) groups excluding carboxylic acids is 1. The smallest absolute Gasteiger partial charge is 0.224 e. The summed E-state index contributed by atoms with van der Waals surface area (Å²) < 4.78 is 0. The number of nitrogens with zero attached hydrogens (tertiary/aromatic N) is 2. The lowest BCUT2D eigenvalue weighted by Gasteiger charge is -2.06. The predicted octanol–water partition coefficient (Wildman–Crippen LogP) is 1.63. The highest BCUT2D eigenvalue weighted by molar-refractivity contribution is 6.29. The molecule has 0 aliphatic carbocycles. The van der Waals surface area contributed by atoms with Gasteiger partial charge in [0, 0.05) is 18.8 Å². The quantitative estimate of drug-likeness (QED) is 0.422. The Labute approximate surface area is 106 Å². The first-order valence-corrected chi connectivity index (χ1v) is 6.08. The molecule has 0 fully saturated rings. The van der Waals surface area contributed by atoms with Crippen LogP contribution < -0.4 is 10.6 Å². The van der Waals surface area contributed by atoms with Gasteiger partial charge in [0.25, 0.3) is 0 Å². The van der Waals surface area contributed by atoms with Crippen LogP contribution in [0.1, 0.15) is 25.5 Å². The van der Waals surface area contributed by atoms with Crippen LogP contribution in [0, 0.1) is 0 Å². The van der Waals surface area contributed by atoms with E-state index in [-0.39, 0.29) is 0 Å². The number of rotatable bonds is 8. The first kappa shape index (κ1) is 13.7. The fourth-order valence-corrected chi connectivity index (χ4v) is 1.58. The van der Waals surface area contributed by atoms with E-state index in [1.165, 1.54) is 0 Å². The maximum Gasteiger partial charge on any atom is 0.224 e. The van der Waals surface area contributed by atoms with Gasteiger partial charge in [-0.1, -0.05) is 24.9 Å². The molecule has 5 nitrogen and oxygen atoms in total. The predicted molar refractivity (Wildman–Crippen MR) is 68.2 cm³/mol. The standard InChI is InChI=1S/C11H17ClN4O/c1-2-4-9-7-10(12)16-11(15-9)14-6-3-5-13-8-17/h7-8H,2-6H2,1H3,(H,13,17)(H,14,15,16). The number of carbonyl (C=O) groups is 1. The molecule has 2 N–H and O–H groups in total. The molecular formula is C11H17ClN4O. The van der Waals surface area contributed by atoms with Crippen molar-refractivity contribution in [3.63, 3.8) is 0 Å². The summed E-state index contributed by atoms with van der Waals surface area (Å²) in [6.45, 7) is 3.43. The Morgan fingerprint density at radius 2 is 2.24 bits per heavy atom. The molecule has 0 atom stereocenters. The molecule has 6 heteroatoms. The number of hydrogen-bond acceptors (Lipinski definition) is 4. The summed E-state index contributed by atoms with van der Waals surface area (Å²) in [5.41, 5.74) is 0.945. The first-order valence-electron chi connectivity index (χ1n) is 5.70. The van der Waals surface area contributed by atoms with Crippen molar-refractivity contribution in [3.05, 3.63) is 16.9 Å². The van der Waals surface area contributed by atoms with Crippen molar-refractivity contribution in [1.82, 2.24) is 15.3 Å². The lowest BCUT2D eigenvalue weighted by molar-refractivity contribution is -0.109. The minimum absolute atomic E-state index is 0.456. The van der Waals surface area contributed by atoms with Crippen LogP contribution in [0.15, 0.2) is 6.07 Å². The van der Waals surface area contributed by atoms with E-state index >= 15 is 0 Å². The van der Waals surface area contributed by atoms with Crippen LogP contribution >= 0.6 is 11.6 Å². The summed E-state index contributed by atoms with van der Waals surface area (Å²) in [4.78, 5) is 18.5. The van der Waals surface area contributed by atoms with E-state index < -0.39 is 0 Å². The van der Waals surface area contributed by atoms with E-state index in [9.17, 15) is 4.79 Å². The molecule has 0 aromatic carbocycles. The van der Waals surface area contributed by atoms with Gasteiger partial charge in [-0.2, -0.15) is 0 Å². The third-order valence-electron chi connectivity index (χ3n) is 2.12. The Balaban J connectivity index is 2.43. The number of aromatic nitrogens is 2. The van der Waals surface area contributed by atoms with E-state index in [0.717, 1.165) is 25.0 Å². The molecule has 1 aromatic heterocycles. The second-order valence-electron chi connectivity index (χ2n) is 3.61. The normalized spacial score (nSPS) is 10.0. The van der Waals surface area contributed by atoms with E-state index in [0.29, 0.717) is 30.6 Å². The van der Waals surface area contributed by atoms with E-state index in [1.54, 1.807) is 6.07 Å². The minimum atomic E-state index is 0.456. The highest BCUT2D eigenvalue weighted by Crippen LogP contribution is 2.11. The third-order valence-corrected chi connectivity index (χ3v) is 2.31. The summed E-state index contributed by atoms with van der Waals surface area (Å²) >= 11 is 5.90. The molecule has 1 rings (SSSR count). The molecule has 0 radical (unpaired) electrons. The summed E-state index contributed by atoms with van der Waals surface area (Å²) in [5, 5.41) is 6.13. The van der Waals surface area contributed by atoms with Crippen molar-refractivity contribution in [2.75, 3.05) is 18.4 Å². The fourth-order valence-electron chi connectivity index (χ4n) is 1.38. The number of aryl methyl sites for hydroxylation is 1. The van der Waals surface area contributed by atoms with Gasteiger partial charge in [-0.3, -0.25) is 4.79 Å². The molecule has 1 aromatic rings. The second-order valence-corrected chi connectivity index (χ2v) is 4.00. The maximum absolute atomic E-state index is 10.0. The van der Waals surface area contributed by atoms with Gasteiger partial charge in [-0.25, -0.2) is 9.97 Å². The molecule has 0 bridgehead atoms. The van der Waals surface area contributed by atoms with E-state index in [2.05, 4.69) is 27.5 Å². The number of amides is 1. The van der Waals surface area contributed by atoms with Gasteiger partial charge in [0.2, 0.25) is 12.4 Å². The van der Waals surface area contributed by atoms with Crippen molar-refractivity contribution in [3.8, 4) is 0 Å². The van der Waals surface area contributed by atoms with Gasteiger partial charge in [0.1, 0.15) is 5.15 Å². The van der Waals surface area contributed by atoms with Crippen molar-refractivity contribution >= 4 is 24.0 Å². The SMILES string of the molecule is CCCc1cc(Cl)nc(NCCCNC=O)n1. The zero-order valence-corrected chi connectivity index (χ0v) is 10.6. The number of hydrogen-bond donors (Lipinski definition) is 2. The molecular weight excluding hydrogens is 240 g/mol. The number of halogens is 1. The number of nitrogens with one attached hydrogen (secondary N) is 2. The molecule has 0 saturated carbocycles. The molecule has 0 spiro atoms. The lowest BCUT2D eigenvalue weighted by Crippen LogP contribution is -2.16. The Hall–Kier alpha value is -1.36. The van der Waals surface area contributed by atoms with Gasteiger partial charge in [0.15, 0.2) is 0 Å². The summed E-state index contributed by atoms with van der Waals surface area (Å²) in [6.07, 6.45) is 3.42. The van der Waals surface area contributed by atoms with Crippen LogP contribution in [0.4, 0.5) is 5.95 Å². The van der Waals surface area contributed by atoms with Crippen molar-refractivity contribution in [2.24, 2.45) is 0 Å². The van der Waals surface area contributed by atoms with Crippen LogP contribution in [0.3, 0.4) is 0 Å². The van der Waals surface area contributed by atoms with Crippen molar-refractivity contribution in [2.45, 2.75) is 26.2 Å². The van der Waals surface area contributed by atoms with Gasteiger partial charge in [0.05, 0.1) is 0 Å². The van der Waals surface area contributed by atoms with Crippen LogP contribution in [0.25, 0.3) is 0 Å². The van der Waals surface area contributed by atoms with Crippen LogP contribution in [0.2, 0.25) is 5.15 Å². The number of anilines is 1. The molecule has 1 amide bonds. The molecule has 0 aliphatic rings. The summed E-state index contributed by atoms with van der Waals surface area (Å²) in [6, 6.07) is 1.78. The zero-order valence-electron chi connectivity index (χ0n) is 9.87.